The minimum Gasteiger partial charge on any atom is -0.388 e. The first-order valence-corrected chi connectivity index (χ1v) is 8.31. The van der Waals surface area contributed by atoms with Gasteiger partial charge in [0.05, 0.1) is 4.90 Å². The van der Waals surface area contributed by atoms with E-state index in [2.05, 4.69) is 16.0 Å². The smallest absolute Gasteiger partial charge is 0.267 e. The summed E-state index contributed by atoms with van der Waals surface area (Å²) < 4.78 is 22.3. The maximum absolute atomic E-state index is 11.9. The third-order valence-corrected chi connectivity index (χ3v) is 3.62. The van der Waals surface area contributed by atoms with Gasteiger partial charge in [0.15, 0.2) is 0 Å². The maximum atomic E-state index is 11.9. The topological polar surface area (TPSA) is 154 Å². The molecule has 1 aromatic carbocycles. The Labute approximate surface area is 139 Å². The molecule has 0 aliphatic carbocycles. The molecule has 1 aromatic rings. The number of primary sulfonamides is 1. The molecule has 0 radical (unpaired) electrons. The van der Waals surface area contributed by atoms with Crippen molar-refractivity contribution in [2.45, 2.75) is 11.8 Å². The van der Waals surface area contributed by atoms with Crippen molar-refractivity contribution < 1.29 is 18.0 Å². The molecule has 0 atom stereocenters. The van der Waals surface area contributed by atoms with Gasteiger partial charge in [-0.25, -0.2) is 13.6 Å². The van der Waals surface area contributed by atoms with Crippen LogP contribution in [0.1, 0.15) is 6.92 Å². The van der Waals surface area contributed by atoms with Crippen molar-refractivity contribution in [2.75, 3.05) is 18.4 Å². The second-order valence-electron chi connectivity index (χ2n) is 4.63. The molecule has 0 unspecified atom stereocenters. The van der Waals surface area contributed by atoms with Crippen LogP contribution < -0.4 is 21.1 Å². The molecule has 5 N–H and O–H groups in total. The van der Waals surface area contributed by atoms with Crippen molar-refractivity contribution >= 4 is 27.5 Å². The van der Waals surface area contributed by atoms with Crippen LogP contribution in [0.3, 0.4) is 0 Å². The first kappa shape index (κ1) is 19.1. The molecule has 0 aliphatic rings. The van der Waals surface area contributed by atoms with Crippen LogP contribution >= 0.6 is 0 Å². The van der Waals surface area contributed by atoms with Crippen LogP contribution in [-0.2, 0) is 19.6 Å². The highest BCUT2D eigenvalue weighted by Crippen LogP contribution is 2.13. The van der Waals surface area contributed by atoms with Crippen molar-refractivity contribution in [3.05, 3.63) is 36.0 Å². The highest BCUT2D eigenvalue weighted by molar-refractivity contribution is 7.89. The van der Waals surface area contributed by atoms with Gasteiger partial charge in [0.1, 0.15) is 11.6 Å². The summed E-state index contributed by atoms with van der Waals surface area (Å²) in [6, 6.07) is 6.94. The van der Waals surface area contributed by atoms with Crippen molar-refractivity contribution in [2.24, 2.45) is 5.14 Å². The Morgan fingerprint density at radius 1 is 1.25 bits per heavy atom. The number of carbonyl (C=O) groups excluding carboxylic acids is 2. The molecular weight excluding hydrogens is 334 g/mol. The van der Waals surface area contributed by atoms with E-state index in [1.165, 1.54) is 37.4 Å². The standard InChI is InChI=1S/C14H17N5O4S/c1-10(20)18-7-6-17-9-11(8-15)14(21)19-12-2-4-13(5-3-12)24(16,22)23/h2-5,9,17H,6-7H2,1H3,(H,18,20)(H,19,21)(H2,16,22,23)/b11-9-. The lowest BCUT2D eigenvalue weighted by atomic mass is 10.2. The van der Waals surface area contributed by atoms with Gasteiger partial charge in [-0.3, -0.25) is 9.59 Å². The van der Waals surface area contributed by atoms with Gasteiger partial charge in [-0.05, 0) is 24.3 Å². The number of amides is 2. The molecule has 10 heteroatoms. The molecule has 2 amide bonds. The summed E-state index contributed by atoms with van der Waals surface area (Å²) in [5.41, 5.74) is 0.139. The van der Waals surface area contributed by atoms with Crippen LogP contribution in [0, 0.1) is 11.3 Å². The molecule has 0 aliphatic heterocycles. The van der Waals surface area contributed by atoms with Gasteiger partial charge in [0, 0.05) is 31.9 Å². The molecule has 9 nitrogen and oxygen atoms in total. The Morgan fingerprint density at radius 2 is 1.88 bits per heavy atom. The van der Waals surface area contributed by atoms with E-state index >= 15 is 0 Å². The molecule has 0 heterocycles. The predicted molar refractivity (Wildman–Crippen MR) is 86.8 cm³/mol. The van der Waals surface area contributed by atoms with Crippen LogP contribution in [0.4, 0.5) is 5.69 Å². The van der Waals surface area contributed by atoms with Gasteiger partial charge in [0.25, 0.3) is 5.91 Å². The third kappa shape index (κ3) is 6.47. The summed E-state index contributed by atoms with van der Waals surface area (Å²) >= 11 is 0. The monoisotopic (exact) mass is 351 g/mol. The first-order chi connectivity index (χ1) is 11.2. The number of nitrogens with two attached hydrogens (primary N) is 1. The lowest BCUT2D eigenvalue weighted by Crippen LogP contribution is -2.28. The summed E-state index contributed by atoms with van der Waals surface area (Å²) in [5, 5.41) is 21.7. The van der Waals surface area contributed by atoms with Gasteiger partial charge in [-0.15, -0.1) is 0 Å². The number of anilines is 1. The average molecular weight is 351 g/mol. The molecule has 0 saturated carbocycles. The van der Waals surface area contributed by atoms with Crippen LogP contribution in [0.2, 0.25) is 0 Å². The van der Waals surface area contributed by atoms with E-state index in [-0.39, 0.29) is 16.4 Å². The molecule has 24 heavy (non-hydrogen) atoms. The molecule has 0 bridgehead atoms. The number of sulfonamides is 1. The van der Waals surface area contributed by atoms with Crippen molar-refractivity contribution in [1.82, 2.24) is 10.6 Å². The first-order valence-electron chi connectivity index (χ1n) is 6.76. The maximum Gasteiger partial charge on any atom is 0.267 e. The number of benzene rings is 1. The minimum absolute atomic E-state index is 0.0869. The molecular formula is C14H17N5O4S. The lowest BCUT2D eigenvalue weighted by Gasteiger charge is -2.06. The zero-order chi connectivity index (χ0) is 18.2. The number of hydrogen-bond donors (Lipinski definition) is 4. The van der Waals surface area contributed by atoms with Crippen molar-refractivity contribution in [1.29, 1.82) is 5.26 Å². The van der Waals surface area contributed by atoms with E-state index in [1.807, 2.05) is 0 Å². The van der Waals surface area contributed by atoms with Gasteiger partial charge >= 0.3 is 0 Å². The van der Waals surface area contributed by atoms with Crippen molar-refractivity contribution in [3.8, 4) is 6.07 Å². The Bertz CT molecular complexity index is 778. The Morgan fingerprint density at radius 3 is 2.38 bits per heavy atom. The number of carbonyl (C=O) groups is 2. The SMILES string of the molecule is CC(=O)NCCN/C=C(/C#N)C(=O)Nc1ccc(S(N)(=O)=O)cc1. The van der Waals surface area contributed by atoms with Crippen LogP contribution in [-0.4, -0.2) is 33.3 Å². The van der Waals surface area contributed by atoms with Crippen LogP contribution in [0.5, 0.6) is 0 Å². The fourth-order valence-electron chi connectivity index (χ4n) is 1.56. The third-order valence-electron chi connectivity index (χ3n) is 2.70. The van der Waals surface area contributed by atoms with Gasteiger partial charge < -0.3 is 16.0 Å². The summed E-state index contributed by atoms with van der Waals surface area (Å²) in [5.74, 6) is -0.838. The van der Waals surface area contributed by atoms with Gasteiger partial charge in [0.2, 0.25) is 15.9 Å². The normalized spacial score (nSPS) is 11.3. The Hall–Kier alpha value is -2.90. The Balaban J connectivity index is 2.64. The van der Waals surface area contributed by atoms with E-state index in [9.17, 15) is 18.0 Å². The lowest BCUT2D eigenvalue weighted by molar-refractivity contribution is -0.119. The van der Waals surface area contributed by atoms with Gasteiger partial charge in [-0.1, -0.05) is 0 Å². The second kappa shape index (κ2) is 8.66. The zero-order valence-corrected chi connectivity index (χ0v) is 13.7. The van der Waals surface area contributed by atoms with E-state index < -0.39 is 15.9 Å². The van der Waals surface area contributed by atoms with E-state index in [1.54, 1.807) is 6.07 Å². The summed E-state index contributed by atoms with van der Waals surface area (Å²) in [4.78, 5) is 22.5. The van der Waals surface area contributed by atoms with Crippen LogP contribution in [0.15, 0.2) is 40.9 Å². The predicted octanol–water partition coefficient (Wildman–Crippen LogP) is -0.594. The highest BCUT2D eigenvalue weighted by atomic mass is 32.2. The zero-order valence-electron chi connectivity index (χ0n) is 12.9. The van der Waals surface area contributed by atoms with Gasteiger partial charge in [-0.2, -0.15) is 5.26 Å². The number of hydrogen-bond acceptors (Lipinski definition) is 6. The average Bonchev–Trinajstić information content (AvgIpc) is 2.50. The second-order valence-corrected chi connectivity index (χ2v) is 6.19. The number of nitrogens with one attached hydrogen (secondary N) is 3. The molecule has 0 aromatic heterocycles. The largest absolute Gasteiger partial charge is 0.388 e. The summed E-state index contributed by atoms with van der Waals surface area (Å²) in [7, 11) is -3.81. The molecule has 0 saturated heterocycles. The quantitative estimate of drug-likeness (QED) is 0.292. The van der Waals surface area contributed by atoms with Crippen molar-refractivity contribution in [3.63, 3.8) is 0 Å². The Kier molecular flexibility index (Phi) is 6.91. The number of rotatable bonds is 7. The fraction of sp³-hybridized carbons (Fsp3) is 0.214. The fourth-order valence-corrected chi connectivity index (χ4v) is 2.08. The number of nitriles is 1. The summed E-state index contributed by atoms with van der Waals surface area (Å²) in [6.07, 6.45) is 1.23. The molecule has 128 valence electrons. The van der Waals surface area contributed by atoms with E-state index in [0.717, 1.165) is 0 Å². The highest BCUT2D eigenvalue weighted by Gasteiger charge is 2.11. The number of nitrogens with zero attached hydrogens (tertiary/aromatic N) is 1. The van der Waals surface area contributed by atoms with E-state index in [4.69, 9.17) is 10.4 Å². The minimum atomic E-state index is -3.81. The molecule has 0 fully saturated rings. The van der Waals surface area contributed by atoms with E-state index in [0.29, 0.717) is 18.8 Å². The summed E-state index contributed by atoms with van der Waals surface area (Å²) in [6.45, 7) is 2.08. The molecule has 0 spiro atoms. The van der Waals surface area contributed by atoms with Crippen LogP contribution in [0.25, 0.3) is 0 Å². The molecule has 1 rings (SSSR count).